The largest absolute Gasteiger partial charge is 0.248 e. The van der Waals surface area contributed by atoms with Crippen molar-refractivity contribution in [2.24, 2.45) is 0 Å². The highest BCUT2D eigenvalue weighted by atomic mass is 79.9. The van der Waals surface area contributed by atoms with Gasteiger partial charge in [-0.3, -0.25) is 0 Å². The average molecular weight is 462 g/mol. The molecule has 2 heteroatoms. The van der Waals surface area contributed by atoms with Crippen molar-refractivity contribution in [3.63, 3.8) is 0 Å². The molecule has 0 atom stereocenters. The van der Waals surface area contributed by atoms with Crippen LogP contribution in [0.25, 0.3) is 44.8 Å². The van der Waals surface area contributed by atoms with Crippen LogP contribution in [0.2, 0.25) is 0 Å². The van der Waals surface area contributed by atoms with Crippen LogP contribution in [0, 0.1) is 0 Å². The van der Waals surface area contributed by atoms with E-state index in [2.05, 4.69) is 125 Å². The van der Waals surface area contributed by atoms with Crippen molar-refractivity contribution in [1.82, 2.24) is 4.98 Å². The van der Waals surface area contributed by atoms with Gasteiger partial charge in [0, 0.05) is 15.6 Å². The predicted molar refractivity (Wildman–Crippen MR) is 134 cm³/mol. The Balaban J connectivity index is 1.60. The van der Waals surface area contributed by atoms with Gasteiger partial charge in [-0.1, -0.05) is 113 Å². The Morgan fingerprint density at radius 3 is 1.32 bits per heavy atom. The van der Waals surface area contributed by atoms with Gasteiger partial charge < -0.3 is 0 Å². The Hall–Kier alpha value is -3.49. The van der Waals surface area contributed by atoms with Gasteiger partial charge in [0.2, 0.25) is 0 Å². The molecule has 1 heterocycles. The number of aromatic nitrogens is 1. The summed E-state index contributed by atoms with van der Waals surface area (Å²) in [6.07, 6.45) is 0. The lowest BCUT2D eigenvalue weighted by Crippen LogP contribution is -1.91. The number of hydrogen-bond acceptors (Lipinski definition) is 1. The molecule has 1 aromatic heterocycles. The van der Waals surface area contributed by atoms with Gasteiger partial charge in [-0.2, -0.15) is 0 Å². The van der Waals surface area contributed by atoms with Crippen LogP contribution >= 0.6 is 15.9 Å². The van der Waals surface area contributed by atoms with Crippen molar-refractivity contribution in [3.05, 3.63) is 126 Å². The van der Waals surface area contributed by atoms with Crippen LogP contribution in [0.4, 0.5) is 0 Å². The highest BCUT2D eigenvalue weighted by Crippen LogP contribution is 2.32. The van der Waals surface area contributed by atoms with Gasteiger partial charge in [0.15, 0.2) is 0 Å². The number of nitrogens with zero attached hydrogens (tertiary/aromatic N) is 1. The van der Waals surface area contributed by atoms with Crippen LogP contribution in [-0.2, 0) is 0 Å². The molecular formula is C29H20BrN. The third-order valence-electron chi connectivity index (χ3n) is 5.36. The summed E-state index contributed by atoms with van der Waals surface area (Å²) in [7, 11) is 0. The maximum absolute atomic E-state index is 4.98. The minimum absolute atomic E-state index is 0.969. The fourth-order valence-electron chi connectivity index (χ4n) is 3.71. The third kappa shape index (κ3) is 4.35. The van der Waals surface area contributed by atoms with Gasteiger partial charge in [-0.25, -0.2) is 4.98 Å². The van der Waals surface area contributed by atoms with Gasteiger partial charge in [-0.15, -0.1) is 0 Å². The zero-order chi connectivity index (χ0) is 21.0. The highest BCUT2D eigenvalue weighted by Gasteiger charge is 2.09. The fraction of sp³-hybridized carbons (Fsp3) is 0. The molecule has 5 rings (SSSR count). The first kappa shape index (κ1) is 19.5. The van der Waals surface area contributed by atoms with Crippen LogP contribution in [0.5, 0.6) is 0 Å². The molecule has 0 fully saturated rings. The number of hydrogen-bond donors (Lipinski definition) is 0. The van der Waals surface area contributed by atoms with Crippen molar-refractivity contribution < 1.29 is 0 Å². The summed E-state index contributed by atoms with van der Waals surface area (Å²) in [6, 6.07) is 42.2. The number of pyridine rings is 1. The van der Waals surface area contributed by atoms with Crippen LogP contribution in [0.15, 0.2) is 126 Å². The maximum Gasteiger partial charge on any atom is 0.0715 e. The monoisotopic (exact) mass is 461 g/mol. The van der Waals surface area contributed by atoms with E-state index in [1.165, 1.54) is 16.7 Å². The zero-order valence-corrected chi connectivity index (χ0v) is 18.5. The summed E-state index contributed by atoms with van der Waals surface area (Å²) in [5, 5.41) is 0. The second-order valence-corrected chi connectivity index (χ2v) is 8.36. The first-order chi connectivity index (χ1) is 15.3. The first-order valence-corrected chi connectivity index (χ1v) is 11.0. The molecule has 0 N–H and O–H groups in total. The Bertz CT molecular complexity index is 1290. The molecule has 0 amide bonds. The summed E-state index contributed by atoms with van der Waals surface area (Å²) in [6.45, 7) is 0. The quantitative estimate of drug-likeness (QED) is 0.261. The van der Waals surface area contributed by atoms with Gasteiger partial charge in [-0.05, 0) is 46.5 Å². The van der Waals surface area contributed by atoms with Gasteiger partial charge in [0.05, 0.1) is 11.4 Å². The topological polar surface area (TPSA) is 12.9 Å². The van der Waals surface area contributed by atoms with Gasteiger partial charge in [0.1, 0.15) is 0 Å². The van der Waals surface area contributed by atoms with Gasteiger partial charge in [0.25, 0.3) is 0 Å². The summed E-state index contributed by atoms with van der Waals surface area (Å²) in [5.74, 6) is 0. The van der Waals surface area contributed by atoms with E-state index < -0.39 is 0 Å². The van der Waals surface area contributed by atoms with Crippen molar-refractivity contribution in [1.29, 1.82) is 0 Å². The van der Waals surface area contributed by atoms with Crippen LogP contribution < -0.4 is 0 Å². The molecule has 31 heavy (non-hydrogen) atoms. The van der Waals surface area contributed by atoms with Gasteiger partial charge >= 0.3 is 0 Å². The Kier molecular flexibility index (Phi) is 5.47. The van der Waals surface area contributed by atoms with Crippen molar-refractivity contribution in [3.8, 4) is 44.8 Å². The minimum Gasteiger partial charge on any atom is -0.248 e. The average Bonchev–Trinajstić information content (AvgIpc) is 2.85. The molecule has 0 aliphatic heterocycles. The molecular weight excluding hydrogens is 442 g/mol. The number of halogens is 1. The molecule has 0 spiro atoms. The highest BCUT2D eigenvalue weighted by molar-refractivity contribution is 9.10. The first-order valence-electron chi connectivity index (χ1n) is 10.3. The van der Waals surface area contributed by atoms with E-state index in [1.807, 2.05) is 12.1 Å². The van der Waals surface area contributed by atoms with Crippen LogP contribution in [0.1, 0.15) is 0 Å². The summed E-state index contributed by atoms with van der Waals surface area (Å²) in [5.41, 5.74) is 8.94. The van der Waals surface area contributed by atoms with E-state index in [1.54, 1.807) is 0 Å². The molecule has 5 aromatic rings. The maximum atomic E-state index is 4.98. The normalized spacial score (nSPS) is 10.7. The standard InChI is InChI=1S/C29H20BrN/c30-27-17-15-25(16-18-27)29-20-26(19-28(31-29)24-9-5-2-6-10-24)23-13-11-22(12-14-23)21-7-3-1-4-8-21/h1-20H. The molecule has 0 aliphatic carbocycles. The number of benzene rings is 4. The molecule has 0 radical (unpaired) electrons. The van der Waals surface area contributed by atoms with Crippen LogP contribution in [0.3, 0.4) is 0 Å². The van der Waals surface area contributed by atoms with E-state index in [0.29, 0.717) is 0 Å². The lowest BCUT2D eigenvalue weighted by molar-refractivity contribution is 1.32. The second kappa shape index (κ2) is 8.71. The minimum atomic E-state index is 0.969. The lowest BCUT2D eigenvalue weighted by Gasteiger charge is -2.11. The molecule has 1 nitrogen and oxygen atoms in total. The van der Waals surface area contributed by atoms with E-state index in [0.717, 1.165) is 32.6 Å². The third-order valence-corrected chi connectivity index (χ3v) is 5.89. The van der Waals surface area contributed by atoms with Crippen LogP contribution in [-0.4, -0.2) is 4.98 Å². The number of rotatable bonds is 4. The molecule has 0 unspecified atom stereocenters. The molecule has 0 bridgehead atoms. The Labute approximate surface area is 191 Å². The fourth-order valence-corrected chi connectivity index (χ4v) is 3.97. The van der Waals surface area contributed by atoms with E-state index in [-0.39, 0.29) is 0 Å². The molecule has 0 aliphatic rings. The Morgan fingerprint density at radius 2 is 0.774 bits per heavy atom. The Morgan fingerprint density at radius 1 is 0.387 bits per heavy atom. The summed E-state index contributed by atoms with van der Waals surface area (Å²) >= 11 is 3.53. The summed E-state index contributed by atoms with van der Waals surface area (Å²) in [4.78, 5) is 4.98. The van der Waals surface area contributed by atoms with E-state index in [9.17, 15) is 0 Å². The molecule has 4 aromatic carbocycles. The zero-order valence-electron chi connectivity index (χ0n) is 16.9. The SMILES string of the molecule is Brc1ccc(-c2cc(-c3ccc(-c4ccccc4)cc3)cc(-c3ccccc3)n2)cc1. The molecule has 0 saturated carbocycles. The van der Waals surface area contributed by atoms with Crippen molar-refractivity contribution in [2.45, 2.75) is 0 Å². The van der Waals surface area contributed by atoms with Crippen molar-refractivity contribution >= 4 is 15.9 Å². The summed E-state index contributed by atoms with van der Waals surface area (Å²) < 4.78 is 1.06. The lowest BCUT2D eigenvalue weighted by atomic mass is 9.97. The second-order valence-electron chi connectivity index (χ2n) is 7.44. The predicted octanol–water partition coefficient (Wildman–Crippen LogP) is 8.51. The molecule has 148 valence electrons. The van der Waals surface area contributed by atoms with E-state index >= 15 is 0 Å². The molecule has 0 saturated heterocycles. The smallest absolute Gasteiger partial charge is 0.0715 e. The van der Waals surface area contributed by atoms with E-state index in [4.69, 9.17) is 4.98 Å². The van der Waals surface area contributed by atoms with Crippen molar-refractivity contribution in [2.75, 3.05) is 0 Å².